The van der Waals surface area contributed by atoms with Gasteiger partial charge >= 0.3 is 0 Å². The lowest BCUT2D eigenvalue weighted by Gasteiger charge is -2.45. The molecule has 0 radical (unpaired) electrons. The second-order valence-corrected chi connectivity index (χ2v) is 7.97. The third kappa shape index (κ3) is 2.82. The number of hydrogen-bond acceptors (Lipinski definition) is 4. The van der Waals surface area contributed by atoms with Crippen molar-refractivity contribution in [2.45, 2.75) is 44.2 Å². The summed E-state index contributed by atoms with van der Waals surface area (Å²) in [5.41, 5.74) is 0.283. The Labute approximate surface area is 137 Å². The van der Waals surface area contributed by atoms with E-state index >= 15 is 0 Å². The molecule has 1 atom stereocenters. The fourth-order valence-corrected chi connectivity index (χ4v) is 4.85. The zero-order chi connectivity index (χ0) is 15.7. The summed E-state index contributed by atoms with van der Waals surface area (Å²) in [5, 5.41) is 0. The summed E-state index contributed by atoms with van der Waals surface area (Å²) in [6, 6.07) is 4.53. The first-order valence-corrected chi connectivity index (χ1v) is 8.95. The largest absolute Gasteiger partial charge is 0.383 e. The smallest absolute Gasteiger partial charge is 0.263 e. The standard InChI is InChI=1S/C17H26N2O2S/c1-13-4-5-15(22-13)16(20)19-10-8-17(9-11-19)7-6-14(12-21-3)18(17)2/h4-5,14H,6-12H2,1-3H3/t14-/m0/s1. The zero-order valence-corrected chi connectivity index (χ0v) is 14.6. The van der Waals surface area contributed by atoms with Gasteiger partial charge in [-0.05, 0) is 51.8 Å². The minimum atomic E-state index is 0.210. The molecule has 2 fully saturated rings. The van der Waals surface area contributed by atoms with Gasteiger partial charge < -0.3 is 9.64 Å². The van der Waals surface area contributed by atoms with Gasteiger partial charge in [-0.15, -0.1) is 11.3 Å². The number of carbonyl (C=O) groups excluding carboxylic acids is 1. The molecule has 1 aromatic rings. The molecule has 0 N–H and O–H groups in total. The predicted octanol–water partition coefficient (Wildman–Crippen LogP) is 2.77. The average Bonchev–Trinajstić information content (AvgIpc) is 3.08. The molecule has 1 spiro atoms. The molecule has 122 valence electrons. The van der Waals surface area contributed by atoms with Gasteiger partial charge in [-0.2, -0.15) is 0 Å². The molecule has 4 nitrogen and oxygen atoms in total. The fourth-order valence-electron chi connectivity index (χ4n) is 4.01. The maximum absolute atomic E-state index is 12.6. The predicted molar refractivity (Wildman–Crippen MR) is 89.6 cm³/mol. The lowest BCUT2D eigenvalue weighted by atomic mass is 9.85. The highest BCUT2D eigenvalue weighted by molar-refractivity contribution is 7.13. The van der Waals surface area contributed by atoms with Crippen LogP contribution in [0.2, 0.25) is 0 Å². The van der Waals surface area contributed by atoms with Crippen LogP contribution in [0.5, 0.6) is 0 Å². The molecule has 3 rings (SSSR count). The number of methoxy groups -OCH3 is 1. The van der Waals surface area contributed by atoms with Gasteiger partial charge in [0.1, 0.15) is 0 Å². The summed E-state index contributed by atoms with van der Waals surface area (Å²) in [6.07, 6.45) is 4.61. The SMILES string of the molecule is COC[C@@H]1CCC2(CCN(C(=O)c3ccc(C)s3)CC2)N1C. The van der Waals surface area contributed by atoms with Crippen LogP contribution < -0.4 is 0 Å². The minimum Gasteiger partial charge on any atom is -0.383 e. The summed E-state index contributed by atoms with van der Waals surface area (Å²) in [5.74, 6) is 0.210. The third-order valence-corrected chi connectivity index (χ3v) is 6.52. The molecule has 2 aliphatic rings. The molecule has 1 aromatic heterocycles. The maximum atomic E-state index is 12.6. The number of likely N-dealkylation sites (tertiary alicyclic amines) is 2. The number of aryl methyl sites for hydroxylation is 1. The summed E-state index contributed by atoms with van der Waals surface area (Å²) >= 11 is 1.60. The van der Waals surface area contributed by atoms with Crippen molar-refractivity contribution in [3.8, 4) is 0 Å². The van der Waals surface area contributed by atoms with Gasteiger partial charge in [0.2, 0.25) is 0 Å². The van der Waals surface area contributed by atoms with E-state index in [2.05, 4.69) is 18.9 Å². The van der Waals surface area contributed by atoms with Crippen LogP contribution >= 0.6 is 11.3 Å². The van der Waals surface area contributed by atoms with Crippen molar-refractivity contribution in [1.82, 2.24) is 9.80 Å². The molecule has 5 heteroatoms. The van der Waals surface area contributed by atoms with Crippen LogP contribution in [0.25, 0.3) is 0 Å². The number of likely N-dealkylation sites (N-methyl/N-ethyl adjacent to an activating group) is 1. The van der Waals surface area contributed by atoms with Crippen LogP contribution in [0.4, 0.5) is 0 Å². The Morgan fingerprint density at radius 2 is 2.09 bits per heavy atom. The van der Waals surface area contributed by atoms with E-state index < -0.39 is 0 Å². The van der Waals surface area contributed by atoms with E-state index in [1.807, 2.05) is 17.0 Å². The molecule has 3 heterocycles. The van der Waals surface area contributed by atoms with Crippen LogP contribution in [0.1, 0.15) is 40.2 Å². The zero-order valence-electron chi connectivity index (χ0n) is 13.8. The van der Waals surface area contributed by atoms with E-state index in [0.29, 0.717) is 6.04 Å². The molecular formula is C17H26N2O2S. The van der Waals surface area contributed by atoms with Gasteiger partial charge in [0.15, 0.2) is 0 Å². The highest BCUT2D eigenvalue weighted by Crippen LogP contribution is 2.40. The first-order chi connectivity index (χ1) is 10.6. The van der Waals surface area contributed by atoms with Crippen LogP contribution in [-0.4, -0.2) is 61.1 Å². The van der Waals surface area contributed by atoms with Gasteiger partial charge in [-0.3, -0.25) is 9.69 Å². The molecule has 0 aromatic carbocycles. The lowest BCUT2D eigenvalue weighted by Crippen LogP contribution is -2.53. The van der Waals surface area contributed by atoms with Crippen molar-refractivity contribution in [3.05, 3.63) is 21.9 Å². The Morgan fingerprint density at radius 3 is 2.68 bits per heavy atom. The maximum Gasteiger partial charge on any atom is 0.263 e. The van der Waals surface area contributed by atoms with Crippen molar-refractivity contribution in [2.24, 2.45) is 0 Å². The minimum absolute atomic E-state index is 0.210. The van der Waals surface area contributed by atoms with Crippen molar-refractivity contribution in [2.75, 3.05) is 33.9 Å². The second-order valence-electron chi connectivity index (χ2n) is 6.69. The summed E-state index contributed by atoms with van der Waals surface area (Å²) in [6.45, 7) is 4.62. The summed E-state index contributed by atoms with van der Waals surface area (Å²) < 4.78 is 5.34. The van der Waals surface area contributed by atoms with E-state index in [-0.39, 0.29) is 11.4 Å². The quantitative estimate of drug-likeness (QED) is 0.858. The summed E-state index contributed by atoms with van der Waals surface area (Å²) in [4.78, 5) is 19.2. The normalized spacial score (nSPS) is 25.0. The third-order valence-electron chi connectivity index (χ3n) is 5.53. The number of thiophene rings is 1. The van der Waals surface area contributed by atoms with Gasteiger partial charge in [0.25, 0.3) is 5.91 Å². The topological polar surface area (TPSA) is 32.8 Å². The number of amides is 1. The number of carbonyl (C=O) groups is 1. The Bertz CT molecular complexity index is 535. The van der Waals surface area contributed by atoms with Gasteiger partial charge in [0, 0.05) is 36.7 Å². The van der Waals surface area contributed by atoms with Crippen LogP contribution in [0, 0.1) is 6.92 Å². The molecule has 0 unspecified atom stereocenters. The highest BCUT2D eigenvalue weighted by atomic mass is 32.1. The first-order valence-electron chi connectivity index (χ1n) is 8.13. The number of piperidine rings is 1. The van der Waals surface area contributed by atoms with Gasteiger partial charge in [0.05, 0.1) is 11.5 Å². The number of hydrogen-bond donors (Lipinski definition) is 0. The van der Waals surface area contributed by atoms with E-state index in [9.17, 15) is 4.79 Å². The monoisotopic (exact) mass is 322 g/mol. The summed E-state index contributed by atoms with van der Waals surface area (Å²) in [7, 11) is 4.01. The van der Waals surface area contributed by atoms with Crippen LogP contribution in [-0.2, 0) is 4.74 Å². The van der Waals surface area contributed by atoms with Crippen molar-refractivity contribution < 1.29 is 9.53 Å². The molecule has 2 saturated heterocycles. The molecule has 22 heavy (non-hydrogen) atoms. The molecule has 2 aliphatic heterocycles. The Morgan fingerprint density at radius 1 is 1.36 bits per heavy atom. The molecule has 0 bridgehead atoms. The number of ether oxygens (including phenoxy) is 1. The average molecular weight is 322 g/mol. The Kier molecular flexibility index (Phi) is 4.57. The second kappa shape index (κ2) is 6.30. The van der Waals surface area contributed by atoms with Crippen molar-refractivity contribution in [3.63, 3.8) is 0 Å². The highest BCUT2D eigenvalue weighted by Gasteiger charge is 2.46. The molecule has 0 saturated carbocycles. The number of nitrogens with zero attached hydrogens (tertiary/aromatic N) is 2. The molecule has 1 amide bonds. The van der Waals surface area contributed by atoms with E-state index in [1.165, 1.54) is 17.7 Å². The van der Waals surface area contributed by atoms with Crippen LogP contribution in [0.15, 0.2) is 12.1 Å². The van der Waals surface area contributed by atoms with Crippen molar-refractivity contribution in [1.29, 1.82) is 0 Å². The van der Waals surface area contributed by atoms with Gasteiger partial charge in [-0.25, -0.2) is 0 Å². The first kappa shape index (κ1) is 16.0. The Hall–Kier alpha value is -0.910. The van der Waals surface area contributed by atoms with E-state index in [1.54, 1.807) is 18.4 Å². The van der Waals surface area contributed by atoms with E-state index in [0.717, 1.165) is 37.4 Å². The Balaban J connectivity index is 1.62. The van der Waals surface area contributed by atoms with Crippen LogP contribution in [0.3, 0.4) is 0 Å². The van der Waals surface area contributed by atoms with Crippen molar-refractivity contribution >= 4 is 17.2 Å². The molecular weight excluding hydrogens is 296 g/mol. The fraction of sp³-hybridized carbons (Fsp3) is 0.706. The number of rotatable bonds is 3. The lowest BCUT2D eigenvalue weighted by molar-refractivity contribution is 0.0275. The van der Waals surface area contributed by atoms with E-state index in [4.69, 9.17) is 4.74 Å². The molecule has 0 aliphatic carbocycles. The van der Waals surface area contributed by atoms with Gasteiger partial charge in [-0.1, -0.05) is 0 Å².